The second-order valence-electron chi connectivity index (χ2n) is 5.54. The number of nitrogens with zero attached hydrogens (tertiary/aromatic N) is 1. The molecule has 2 nitrogen and oxygen atoms in total. The molecule has 1 heterocycles. The molecule has 0 aliphatic heterocycles. The zero-order chi connectivity index (χ0) is 14.0. The van der Waals surface area contributed by atoms with Gasteiger partial charge >= 0.3 is 0 Å². The number of Topliss-reactive ketones (excluding diaryl/α,β-unsaturated/α-hetero) is 1. The van der Waals surface area contributed by atoms with E-state index in [0.29, 0.717) is 11.1 Å². The van der Waals surface area contributed by atoms with Crippen molar-refractivity contribution in [1.82, 2.24) is 4.98 Å². The average Bonchev–Trinajstić information content (AvgIpc) is 2.37. The van der Waals surface area contributed by atoms with E-state index < -0.39 is 11.2 Å². The third-order valence-corrected chi connectivity index (χ3v) is 2.85. The minimum Gasteiger partial charge on any atom is -0.294 e. The van der Waals surface area contributed by atoms with Crippen LogP contribution < -0.4 is 0 Å². The summed E-state index contributed by atoms with van der Waals surface area (Å²) in [6.07, 6.45) is 3.29. The number of carbonyl (C=O) groups excluding carboxylic acids is 1. The van der Waals surface area contributed by atoms with Crippen LogP contribution in [0, 0.1) is 11.2 Å². The van der Waals surface area contributed by atoms with E-state index in [-0.39, 0.29) is 5.78 Å². The summed E-state index contributed by atoms with van der Waals surface area (Å²) < 4.78 is 13.7. The summed E-state index contributed by atoms with van der Waals surface area (Å²) in [5, 5.41) is 0. The van der Waals surface area contributed by atoms with Gasteiger partial charge in [-0.2, -0.15) is 0 Å². The third kappa shape index (κ3) is 3.05. The summed E-state index contributed by atoms with van der Waals surface area (Å²) in [6, 6.07) is 8.03. The van der Waals surface area contributed by atoms with Gasteiger partial charge in [-0.3, -0.25) is 9.78 Å². The normalized spacial score (nSPS) is 11.4. The van der Waals surface area contributed by atoms with Gasteiger partial charge in [-0.15, -0.1) is 0 Å². The second kappa shape index (κ2) is 4.92. The summed E-state index contributed by atoms with van der Waals surface area (Å²) in [6.45, 7) is 5.48. The smallest absolute Gasteiger partial charge is 0.168 e. The van der Waals surface area contributed by atoms with E-state index in [2.05, 4.69) is 4.98 Å². The van der Waals surface area contributed by atoms with Gasteiger partial charge < -0.3 is 0 Å². The van der Waals surface area contributed by atoms with Crippen LogP contribution in [-0.2, 0) is 0 Å². The lowest BCUT2D eigenvalue weighted by Crippen LogP contribution is -2.20. The van der Waals surface area contributed by atoms with Crippen molar-refractivity contribution in [3.05, 3.63) is 54.1 Å². The molecular formula is C16H16FNO. The summed E-state index contributed by atoms with van der Waals surface area (Å²) in [4.78, 5) is 16.2. The van der Waals surface area contributed by atoms with E-state index >= 15 is 0 Å². The molecule has 0 fully saturated rings. The van der Waals surface area contributed by atoms with Crippen molar-refractivity contribution in [3.63, 3.8) is 0 Å². The first-order valence-electron chi connectivity index (χ1n) is 6.14. The van der Waals surface area contributed by atoms with Crippen molar-refractivity contribution in [1.29, 1.82) is 0 Å². The molecule has 2 aromatic rings. The molecule has 2 rings (SSSR count). The van der Waals surface area contributed by atoms with Crippen LogP contribution in [0.4, 0.5) is 4.39 Å². The monoisotopic (exact) mass is 257 g/mol. The maximum Gasteiger partial charge on any atom is 0.168 e. The highest BCUT2D eigenvalue weighted by Gasteiger charge is 2.23. The van der Waals surface area contributed by atoms with Crippen LogP contribution in [0.2, 0.25) is 0 Å². The molecule has 98 valence electrons. The van der Waals surface area contributed by atoms with Crippen molar-refractivity contribution in [2.75, 3.05) is 0 Å². The van der Waals surface area contributed by atoms with Crippen LogP contribution in [-0.4, -0.2) is 10.8 Å². The van der Waals surface area contributed by atoms with E-state index in [4.69, 9.17) is 0 Å². The van der Waals surface area contributed by atoms with E-state index in [1.807, 2.05) is 20.8 Å². The molecule has 0 aliphatic rings. The Balaban J connectivity index is 2.50. The quantitative estimate of drug-likeness (QED) is 0.757. The highest BCUT2D eigenvalue weighted by atomic mass is 19.1. The fourth-order valence-corrected chi connectivity index (χ4v) is 1.86. The number of aromatic nitrogens is 1. The predicted octanol–water partition coefficient (Wildman–Crippen LogP) is 4.12. The lowest BCUT2D eigenvalue weighted by molar-refractivity contribution is 0.0858. The first-order valence-corrected chi connectivity index (χ1v) is 6.14. The molecule has 0 bridgehead atoms. The number of rotatable bonds is 2. The van der Waals surface area contributed by atoms with Gasteiger partial charge in [-0.1, -0.05) is 20.8 Å². The van der Waals surface area contributed by atoms with Crippen molar-refractivity contribution >= 4 is 5.78 Å². The lowest BCUT2D eigenvalue weighted by Gasteiger charge is -2.17. The Hall–Kier alpha value is -2.03. The zero-order valence-corrected chi connectivity index (χ0v) is 11.3. The first kappa shape index (κ1) is 13.4. The van der Waals surface area contributed by atoms with E-state index in [0.717, 1.165) is 5.56 Å². The molecule has 0 amide bonds. The van der Waals surface area contributed by atoms with Crippen LogP contribution >= 0.6 is 0 Å². The highest BCUT2D eigenvalue weighted by Crippen LogP contribution is 2.26. The molecule has 0 unspecified atom stereocenters. The first-order chi connectivity index (χ1) is 8.88. The van der Waals surface area contributed by atoms with Gasteiger partial charge in [-0.05, 0) is 41.5 Å². The number of carbonyl (C=O) groups is 1. The molecule has 3 heteroatoms. The molecule has 0 radical (unpaired) electrons. The standard InChI is InChI=1S/C16H16FNO/c1-16(2,3)15(19)13-8-12(9-14(17)10-13)11-4-6-18-7-5-11/h4-10H,1-3H3. The third-order valence-electron chi connectivity index (χ3n) is 2.85. The Kier molecular flexibility index (Phi) is 3.47. The van der Waals surface area contributed by atoms with Crippen LogP contribution in [0.5, 0.6) is 0 Å². The number of hydrogen-bond acceptors (Lipinski definition) is 2. The van der Waals surface area contributed by atoms with Gasteiger partial charge in [0.05, 0.1) is 0 Å². The van der Waals surface area contributed by atoms with Crippen molar-refractivity contribution < 1.29 is 9.18 Å². The Labute approximate surface area is 112 Å². The maximum atomic E-state index is 13.7. The Morgan fingerprint density at radius 2 is 1.68 bits per heavy atom. The zero-order valence-electron chi connectivity index (χ0n) is 11.3. The van der Waals surface area contributed by atoms with Crippen molar-refractivity contribution in [2.24, 2.45) is 5.41 Å². The molecular weight excluding hydrogens is 241 g/mol. The van der Waals surface area contributed by atoms with Crippen LogP contribution in [0.3, 0.4) is 0 Å². The maximum absolute atomic E-state index is 13.7. The van der Waals surface area contributed by atoms with Crippen LogP contribution in [0.25, 0.3) is 11.1 Å². The van der Waals surface area contributed by atoms with Crippen LogP contribution in [0.15, 0.2) is 42.7 Å². The van der Waals surface area contributed by atoms with Gasteiger partial charge in [0.1, 0.15) is 5.82 Å². The summed E-state index contributed by atoms with van der Waals surface area (Å²) in [7, 11) is 0. The van der Waals surface area contributed by atoms with Gasteiger partial charge in [0.2, 0.25) is 0 Å². The van der Waals surface area contributed by atoms with Gasteiger partial charge in [0.15, 0.2) is 5.78 Å². The summed E-state index contributed by atoms with van der Waals surface area (Å²) in [5.74, 6) is -0.468. The lowest BCUT2D eigenvalue weighted by atomic mass is 9.85. The van der Waals surface area contributed by atoms with E-state index in [1.54, 1.807) is 30.6 Å². The van der Waals surface area contributed by atoms with Crippen LogP contribution in [0.1, 0.15) is 31.1 Å². The number of pyridine rings is 1. The molecule has 1 aromatic heterocycles. The molecule has 0 saturated heterocycles. The van der Waals surface area contributed by atoms with Crippen molar-refractivity contribution in [3.8, 4) is 11.1 Å². The van der Waals surface area contributed by atoms with Gasteiger partial charge in [0, 0.05) is 23.4 Å². The van der Waals surface area contributed by atoms with Gasteiger partial charge in [0.25, 0.3) is 0 Å². The Bertz CT molecular complexity index is 600. The number of halogens is 1. The topological polar surface area (TPSA) is 30.0 Å². The van der Waals surface area contributed by atoms with E-state index in [9.17, 15) is 9.18 Å². The largest absolute Gasteiger partial charge is 0.294 e. The number of benzene rings is 1. The highest BCUT2D eigenvalue weighted by molar-refractivity contribution is 6.00. The Morgan fingerprint density at radius 3 is 2.26 bits per heavy atom. The molecule has 1 aromatic carbocycles. The average molecular weight is 257 g/mol. The summed E-state index contributed by atoms with van der Waals surface area (Å²) in [5.41, 5.74) is 1.41. The molecule has 0 atom stereocenters. The molecule has 0 spiro atoms. The minimum absolute atomic E-state index is 0.0673. The number of ketones is 1. The van der Waals surface area contributed by atoms with Crippen molar-refractivity contribution in [2.45, 2.75) is 20.8 Å². The minimum atomic E-state index is -0.524. The SMILES string of the molecule is CC(C)(C)C(=O)c1cc(F)cc(-c2ccncc2)c1. The Morgan fingerprint density at radius 1 is 1.05 bits per heavy atom. The number of hydrogen-bond donors (Lipinski definition) is 0. The molecule has 19 heavy (non-hydrogen) atoms. The molecule has 0 N–H and O–H groups in total. The fourth-order valence-electron chi connectivity index (χ4n) is 1.86. The fraction of sp³-hybridized carbons (Fsp3) is 0.250. The predicted molar refractivity (Wildman–Crippen MR) is 73.4 cm³/mol. The van der Waals surface area contributed by atoms with E-state index in [1.165, 1.54) is 12.1 Å². The van der Waals surface area contributed by atoms with Gasteiger partial charge in [-0.25, -0.2) is 4.39 Å². The summed E-state index contributed by atoms with van der Waals surface area (Å²) >= 11 is 0. The molecule has 0 aliphatic carbocycles. The molecule has 0 saturated carbocycles. The second-order valence-corrected chi connectivity index (χ2v) is 5.54.